The van der Waals surface area contributed by atoms with E-state index >= 15 is 0 Å². The number of carbonyl (C=O) groups excluding carboxylic acids is 3. The Balaban J connectivity index is 1.61. The molecule has 1 aliphatic carbocycles. The summed E-state index contributed by atoms with van der Waals surface area (Å²) in [4.78, 5) is 37.3. The molecule has 0 radical (unpaired) electrons. The van der Waals surface area contributed by atoms with Gasteiger partial charge >= 0.3 is 6.09 Å². The molecule has 0 aromatic heterocycles. The van der Waals surface area contributed by atoms with Gasteiger partial charge in [-0.2, -0.15) is 0 Å². The molecule has 2 aliphatic rings. The highest BCUT2D eigenvalue weighted by Gasteiger charge is 2.30. The maximum Gasteiger partial charge on any atom is 0.410 e. The lowest BCUT2D eigenvalue weighted by atomic mass is 9.96. The first kappa shape index (κ1) is 18.5. The lowest BCUT2D eigenvalue weighted by molar-refractivity contribution is -0.127. The van der Waals surface area contributed by atoms with E-state index in [1.54, 1.807) is 4.90 Å². The van der Waals surface area contributed by atoms with Gasteiger partial charge in [0.05, 0.1) is 0 Å². The van der Waals surface area contributed by atoms with E-state index in [4.69, 9.17) is 4.74 Å². The number of nitrogens with one attached hydrogen (secondary N) is 2. The van der Waals surface area contributed by atoms with Gasteiger partial charge in [-0.25, -0.2) is 4.79 Å². The van der Waals surface area contributed by atoms with Crippen LogP contribution in [0.3, 0.4) is 0 Å². The number of amides is 3. The molecule has 1 saturated carbocycles. The van der Waals surface area contributed by atoms with Crippen LogP contribution in [0.15, 0.2) is 0 Å². The topological polar surface area (TPSA) is 87.7 Å². The Morgan fingerprint density at radius 1 is 0.917 bits per heavy atom. The molecule has 136 valence electrons. The third kappa shape index (κ3) is 6.02. The quantitative estimate of drug-likeness (QED) is 0.739. The zero-order chi connectivity index (χ0) is 17.7. The van der Waals surface area contributed by atoms with E-state index < -0.39 is 5.60 Å². The molecule has 7 nitrogen and oxygen atoms in total. The van der Waals surface area contributed by atoms with Crippen LogP contribution in [0.1, 0.15) is 46.5 Å². The monoisotopic (exact) mass is 339 g/mol. The van der Waals surface area contributed by atoms with E-state index in [0.717, 1.165) is 12.8 Å². The van der Waals surface area contributed by atoms with Crippen molar-refractivity contribution in [2.24, 2.45) is 11.8 Å². The fraction of sp³-hybridized carbons (Fsp3) is 0.824. The summed E-state index contributed by atoms with van der Waals surface area (Å²) in [6, 6.07) is 0. The van der Waals surface area contributed by atoms with E-state index in [2.05, 4.69) is 10.6 Å². The van der Waals surface area contributed by atoms with Crippen LogP contribution in [0.2, 0.25) is 0 Å². The van der Waals surface area contributed by atoms with Gasteiger partial charge in [0.1, 0.15) is 5.60 Å². The van der Waals surface area contributed by atoms with Crippen molar-refractivity contribution < 1.29 is 19.1 Å². The molecule has 2 fully saturated rings. The molecule has 2 N–H and O–H groups in total. The van der Waals surface area contributed by atoms with Gasteiger partial charge in [-0.3, -0.25) is 9.59 Å². The van der Waals surface area contributed by atoms with Crippen molar-refractivity contribution >= 4 is 17.9 Å². The van der Waals surface area contributed by atoms with Gasteiger partial charge in [0.2, 0.25) is 11.8 Å². The van der Waals surface area contributed by atoms with Crippen molar-refractivity contribution in [2.75, 3.05) is 26.2 Å². The third-order valence-corrected chi connectivity index (χ3v) is 4.19. The largest absolute Gasteiger partial charge is 0.444 e. The van der Waals surface area contributed by atoms with Gasteiger partial charge < -0.3 is 20.3 Å². The Morgan fingerprint density at radius 2 is 1.38 bits per heavy atom. The number of piperidine rings is 1. The lowest BCUT2D eigenvalue weighted by Gasteiger charge is -2.32. The standard InChI is InChI=1S/C17H29N3O4/c1-17(2,3)24-16(23)20-10-6-13(7-11-20)15(22)19-9-8-18-14(21)12-4-5-12/h12-13H,4-11H2,1-3H3,(H,18,21)(H,19,22). The summed E-state index contributed by atoms with van der Waals surface area (Å²) in [7, 11) is 0. The predicted molar refractivity (Wildman–Crippen MR) is 89.3 cm³/mol. The highest BCUT2D eigenvalue weighted by Crippen LogP contribution is 2.28. The Labute approximate surface area is 143 Å². The molecule has 24 heavy (non-hydrogen) atoms. The summed E-state index contributed by atoms with van der Waals surface area (Å²) in [6.07, 6.45) is 2.92. The number of carbonyl (C=O) groups is 3. The third-order valence-electron chi connectivity index (χ3n) is 4.19. The average Bonchev–Trinajstić information content (AvgIpc) is 3.34. The second-order valence-electron chi connectivity index (χ2n) is 7.60. The Kier molecular flexibility index (Phi) is 6.07. The molecule has 0 aromatic carbocycles. The van der Waals surface area contributed by atoms with Crippen LogP contribution in [0.25, 0.3) is 0 Å². The van der Waals surface area contributed by atoms with Crippen LogP contribution in [0, 0.1) is 11.8 Å². The minimum atomic E-state index is -0.504. The maximum atomic E-state index is 12.1. The summed E-state index contributed by atoms with van der Waals surface area (Å²) in [5, 5.41) is 5.68. The SMILES string of the molecule is CC(C)(C)OC(=O)N1CCC(C(=O)NCCNC(=O)C2CC2)CC1. The maximum absolute atomic E-state index is 12.1. The van der Waals surface area contributed by atoms with Gasteiger partial charge in [0.25, 0.3) is 0 Å². The molecular formula is C17H29N3O4. The first-order valence-corrected chi connectivity index (χ1v) is 8.79. The number of hydrogen-bond donors (Lipinski definition) is 2. The number of hydrogen-bond acceptors (Lipinski definition) is 4. The minimum Gasteiger partial charge on any atom is -0.444 e. The van der Waals surface area contributed by atoms with Gasteiger partial charge in [0.15, 0.2) is 0 Å². The van der Waals surface area contributed by atoms with Gasteiger partial charge in [-0.15, -0.1) is 0 Å². The van der Waals surface area contributed by atoms with E-state index in [9.17, 15) is 14.4 Å². The molecule has 2 rings (SSSR count). The van der Waals surface area contributed by atoms with Gasteiger partial charge in [-0.1, -0.05) is 0 Å². The molecule has 0 atom stereocenters. The van der Waals surface area contributed by atoms with Crippen LogP contribution < -0.4 is 10.6 Å². The second kappa shape index (κ2) is 7.85. The molecule has 1 heterocycles. The zero-order valence-corrected chi connectivity index (χ0v) is 14.9. The highest BCUT2D eigenvalue weighted by atomic mass is 16.6. The van der Waals surface area contributed by atoms with Crippen molar-refractivity contribution in [3.8, 4) is 0 Å². The molecule has 0 unspecified atom stereocenters. The molecule has 1 saturated heterocycles. The highest BCUT2D eigenvalue weighted by molar-refractivity contribution is 5.81. The van der Waals surface area contributed by atoms with Crippen molar-refractivity contribution in [2.45, 2.75) is 52.1 Å². The lowest BCUT2D eigenvalue weighted by Crippen LogP contribution is -2.45. The molecule has 0 bridgehead atoms. The summed E-state index contributed by atoms with van der Waals surface area (Å²) >= 11 is 0. The van der Waals surface area contributed by atoms with Crippen LogP contribution in [-0.4, -0.2) is 54.6 Å². The summed E-state index contributed by atoms with van der Waals surface area (Å²) < 4.78 is 5.35. The van der Waals surface area contributed by atoms with Crippen molar-refractivity contribution in [1.29, 1.82) is 0 Å². The summed E-state index contributed by atoms with van der Waals surface area (Å²) in [5.41, 5.74) is -0.504. The van der Waals surface area contributed by atoms with Crippen molar-refractivity contribution in [1.82, 2.24) is 15.5 Å². The minimum absolute atomic E-state index is 0.000454. The zero-order valence-electron chi connectivity index (χ0n) is 14.9. The number of ether oxygens (including phenoxy) is 1. The predicted octanol–water partition coefficient (Wildman–Crippen LogP) is 1.28. The van der Waals surface area contributed by atoms with Crippen molar-refractivity contribution in [3.05, 3.63) is 0 Å². The van der Waals surface area contributed by atoms with Gasteiger partial charge in [-0.05, 0) is 46.5 Å². The molecule has 0 spiro atoms. The molecule has 3 amide bonds. The fourth-order valence-electron chi connectivity index (χ4n) is 2.66. The van der Waals surface area contributed by atoms with E-state index in [1.165, 1.54) is 0 Å². The van der Waals surface area contributed by atoms with Crippen LogP contribution in [0.4, 0.5) is 4.79 Å². The van der Waals surface area contributed by atoms with E-state index in [0.29, 0.717) is 39.0 Å². The number of nitrogens with zero attached hydrogens (tertiary/aromatic N) is 1. The summed E-state index contributed by atoms with van der Waals surface area (Å²) in [5.74, 6) is 0.204. The van der Waals surface area contributed by atoms with Crippen LogP contribution >= 0.6 is 0 Å². The first-order chi connectivity index (χ1) is 11.3. The number of rotatable bonds is 5. The molecule has 7 heteroatoms. The Morgan fingerprint density at radius 3 is 1.79 bits per heavy atom. The van der Waals surface area contributed by atoms with E-state index in [1.807, 2.05) is 20.8 Å². The Bertz CT molecular complexity index is 475. The van der Waals surface area contributed by atoms with Crippen LogP contribution in [-0.2, 0) is 14.3 Å². The summed E-state index contributed by atoms with van der Waals surface area (Å²) in [6.45, 7) is 7.51. The van der Waals surface area contributed by atoms with E-state index in [-0.39, 0.29) is 29.7 Å². The smallest absolute Gasteiger partial charge is 0.410 e. The van der Waals surface area contributed by atoms with Crippen LogP contribution in [0.5, 0.6) is 0 Å². The molecular weight excluding hydrogens is 310 g/mol. The molecule has 0 aromatic rings. The molecule has 1 aliphatic heterocycles. The normalized spacial score (nSPS) is 18.9. The first-order valence-electron chi connectivity index (χ1n) is 8.79. The second-order valence-corrected chi connectivity index (χ2v) is 7.60. The Hall–Kier alpha value is -1.79. The number of likely N-dealkylation sites (tertiary alicyclic amines) is 1. The van der Waals surface area contributed by atoms with Gasteiger partial charge in [0, 0.05) is 38.0 Å². The fourth-order valence-corrected chi connectivity index (χ4v) is 2.66. The van der Waals surface area contributed by atoms with Crippen molar-refractivity contribution in [3.63, 3.8) is 0 Å². The average molecular weight is 339 g/mol.